The van der Waals surface area contributed by atoms with Crippen molar-refractivity contribution in [1.29, 1.82) is 0 Å². The third kappa shape index (κ3) is 3.57. The van der Waals surface area contributed by atoms with Crippen LogP contribution in [0.2, 0.25) is 0 Å². The van der Waals surface area contributed by atoms with Crippen molar-refractivity contribution >= 4 is 34.5 Å². The van der Waals surface area contributed by atoms with Gasteiger partial charge in [-0.1, -0.05) is 60.7 Å². The van der Waals surface area contributed by atoms with E-state index in [2.05, 4.69) is 10.3 Å². The summed E-state index contributed by atoms with van der Waals surface area (Å²) in [7, 11) is 0. The van der Waals surface area contributed by atoms with Gasteiger partial charge in [0.1, 0.15) is 17.9 Å². The number of nitrogens with one attached hydrogen (secondary N) is 1. The number of hydrogen-bond donors (Lipinski definition) is 2. The van der Waals surface area contributed by atoms with Gasteiger partial charge in [0.25, 0.3) is 5.91 Å². The molecule has 3 aromatic carbocycles. The molecular weight excluding hydrogens is 432 g/mol. The van der Waals surface area contributed by atoms with Gasteiger partial charge in [0.15, 0.2) is 0 Å². The molecule has 0 aromatic heterocycles. The fourth-order valence-corrected chi connectivity index (χ4v) is 4.65. The lowest BCUT2D eigenvalue weighted by Gasteiger charge is -2.32. The maximum absolute atomic E-state index is 13.5. The molecule has 1 atom stereocenters. The van der Waals surface area contributed by atoms with Crippen LogP contribution < -0.4 is 5.32 Å². The minimum absolute atomic E-state index is 0.165. The standard InChI is InChI=1S/C26H24N4O4/c1-26(21-10-8-19(9-11-21)23-27-12-13-28-23)24(33)29(16-22(31)32)25(34)30(26)15-17-6-7-18-4-2-3-5-20(18)14-17/h2-11,14H,12-13,15-16H2,1H3,(H,27,28)(H,31,32)/t26-/m1/s1. The van der Waals surface area contributed by atoms with Crippen LogP contribution in [-0.2, 0) is 21.7 Å². The van der Waals surface area contributed by atoms with Crippen LogP contribution in [0.1, 0.15) is 23.6 Å². The molecule has 0 saturated carbocycles. The number of hydrogen-bond acceptors (Lipinski definition) is 5. The van der Waals surface area contributed by atoms with Crippen LogP contribution in [0.3, 0.4) is 0 Å². The molecule has 0 bridgehead atoms. The van der Waals surface area contributed by atoms with Gasteiger partial charge in [0.2, 0.25) is 0 Å². The van der Waals surface area contributed by atoms with Gasteiger partial charge in [-0.25, -0.2) is 4.79 Å². The molecule has 0 unspecified atom stereocenters. The molecule has 172 valence electrons. The van der Waals surface area contributed by atoms with Crippen molar-refractivity contribution in [3.63, 3.8) is 0 Å². The number of carbonyl (C=O) groups excluding carboxylic acids is 2. The third-order valence-corrected chi connectivity index (χ3v) is 6.51. The Hall–Kier alpha value is -4.20. The summed E-state index contributed by atoms with van der Waals surface area (Å²) in [6.07, 6.45) is 0. The maximum atomic E-state index is 13.5. The second kappa shape index (κ2) is 8.30. The van der Waals surface area contributed by atoms with Crippen LogP contribution in [0.15, 0.2) is 71.7 Å². The van der Waals surface area contributed by atoms with Gasteiger partial charge >= 0.3 is 12.0 Å². The van der Waals surface area contributed by atoms with Crippen molar-refractivity contribution in [1.82, 2.24) is 15.1 Å². The summed E-state index contributed by atoms with van der Waals surface area (Å²) in [6.45, 7) is 2.66. The summed E-state index contributed by atoms with van der Waals surface area (Å²) in [5, 5.41) is 14.6. The zero-order chi connectivity index (χ0) is 23.9. The number of carboxylic acid groups (broad SMARTS) is 1. The minimum atomic E-state index is -1.35. The van der Waals surface area contributed by atoms with Crippen LogP contribution >= 0.6 is 0 Å². The van der Waals surface area contributed by atoms with E-state index in [0.717, 1.165) is 39.2 Å². The number of carbonyl (C=O) groups is 3. The first-order chi connectivity index (χ1) is 16.4. The predicted octanol–water partition coefficient (Wildman–Crippen LogP) is 2.95. The second-order valence-corrected chi connectivity index (χ2v) is 8.64. The molecule has 1 fully saturated rings. The molecule has 5 rings (SSSR count). The van der Waals surface area contributed by atoms with Gasteiger partial charge in [-0.15, -0.1) is 0 Å². The first-order valence-corrected chi connectivity index (χ1v) is 11.1. The van der Waals surface area contributed by atoms with Crippen molar-refractivity contribution in [2.24, 2.45) is 4.99 Å². The Labute approximate surface area is 196 Å². The average molecular weight is 457 g/mol. The van der Waals surface area contributed by atoms with Crippen LogP contribution in [0, 0.1) is 0 Å². The van der Waals surface area contributed by atoms with E-state index in [1.54, 1.807) is 19.1 Å². The van der Waals surface area contributed by atoms with E-state index in [1.807, 2.05) is 54.6 Å². The van der Waals surface area contributed by atoms with Crippen molar-refractivity contribution in [3.8, 4) is 0 Å². The SMILES string of the molecule is C[C@@]1(c2ccc(C3=NCCN3)cc2)C(=O)N(CC(=O)O)C(=O)N1Cc1ccc2ccccc2c1. The molecule has 2 aliphatic rings. The molecule has 3 amide bonds. The third-order valence-electron chi connectivity index (χ3n) is 6.51. The number of aliphatic carboxylic acids is 1. The summed E-state index contributed by atoms with van der Waals surface area (Å²) in [6, 6.07) is 20.5. The lowest BCUT2D eigenvalue weighted by Crippen LogP contribution is -2.44. The molecule has 34 heavy (non-hydrogen) atoms. The normalized spacial score (nSPS) is 20.1. The molecule has 8 nitrogen and oxygen atoms in total. The highest BCUT2D eigenvalue weighted by Gasteiger charge is 2.55. The predicted molar refractivity (Wildman–Crippen MR) is 127 cm³/mol. The average Bonchev–Trinajstić information content (AvgIpc) is 3.44. The molecule has 0 aliphatic carbocycles. The number of benzene rings is 3. The van der Waals surface area contributed by atoms with Crippen LogP contribution in [0.4, 0.5) is 4.79 Å². The Morgan fingerprint density at radius 2 is 1.79 bits per heavy atom. The molecule has 1 saturated heterocycles. The van der Waals surface area contributed by atoms with Crippen molar-refractivity contribution in [2.45, 2.75) is 19.0 Å². The molecule has 2 N–H and O–H groups in total. The zero-order valence-electron chi connectivity index (χ0n) is 18.7. The number of amidine groups is 1. The van der Waals surface area contributed by atoms with Crippen LogP contribution in [0.5, 0.6) is 0 Å². The summed E-state index contributed by atoms with van der Waals surface area (Å²) in [4.78, 5) is 44.9. The summed E-state index contributed by atoms with van der Waals surface area (Å²) < 4.78 is 0. The van der Waals surface area contributed by atoms with E-state index in [-0.39, 0.29) is 6.54 Å². The molecule has 3 aromatic rings. The fourth-order valence-electron chi connectivity index (χ4n) is 4.65. The number of nitrogens with zero attached hydrogens (tertiary/aromatic N) is 3. The van der Waals surface area contributed by atoms with E-state index in [4.69, 9.17) is 0 Å². The Balaban J connectivity index is 1.54. The van der Waals surface area contributed by atoms with E-state index < -0.39 is 30.0 Å². The number of aliphatic imine (C=N–C) groups is 1. The first kappa shape index (κ1) is 21.6. The molecule has 2 aliphatic heterocycles. The summed E-state index contributed by atoms with van der Waals surface area (Å²) in [5.41, 5.74) is 1.01. The van der Waals surface area contributed by atoms with Crippen molar-refractivity contribution in [3.05, 3.63) is 83.4 Å². The highest BCUT2D eigenvalue weighted by molar-refractivity contribution is 6.09. The zero-order valence-corrected chi connectivity index (χ0v) is 18.7. The van der Waals surface area contributed by atoms with E-state index in [9.17, 15) is 19.5 Å². The quantitative estimate of drug-likeness (QED) is 0.556. The van der Waals surface area contributed by atoms with Gasteiger partial charge < -0.3 is 15.3 Å². The van der Waals surface area contributed by atoms with E-state index >= 15 is 0 Å². The van der Waals surface area contributed by atoms with Gasteiger partial charge in [-0.05, 0) is 34.9 Å². The van der Waals surface area contributed by atoms with Crippen molar-refractivity contribution < 1.29 is 19.5 Å². The van der Waals surface area contributed by atoms with Crippen molar-refractivity contribution in [2.75, 3.05) is 19.6 Å². The largest absolute Gasteiger partial charge is 0.480 e. The van der Waals surface area contributed by atoms with E-state index in [0.29, 0.717) is 12.1 Å². The number of imide groups is 1. The van der Waals surface area contributed by atoms with Gasteiger partial charge in [-0.2, -0.15) is 0 Å². The molecular formula is C26H24N4O4. The molecule has 0 spiro atoms. The van der Waals surface area contributed by atoms with Crippen LogP contribution in [0.25, 0.3) is 10.8 Å². The summed E-state index contributed by atoms with van der Waals surface area (Å²) >= 11 is 0. The molecule has 8 heteroatoms. The highest BCUT2D eigenvalue weighted by Crippen LogP contribution is 2.38. The van der Waals surface area contributed by atoms with Gasteiger partial charge in [0, 0.05) is 18.7 Å². The Morgan fingerprint density at radius 1 is 1.06 bits per heavy atom. The number of amides is 3. The van der Waals surface area contributed by atoms with E-state index in [1.165, 1.54) is 4.90 Å². The maximum Gasteiger partial charge on any atom is 0.328 e. The topological polar surface area (TPSA) is 102 Å². The highest BCUT2D eigenvalue weighted by atomic mass is 16.4. The fraction of sp³-hybridized carbons (Fsp3) is 0.231. The lowest BCUT2D eigenvalue weighted by molar-refractivity contribution is -0.143. The Morgan fingerprint density at radius 3 is 2.47 bits per heavy atom. The number of rotatable bonds is 6. The number of carboxylic acids is 1. The Kier molecular flexibility index (Phi) is 5.28. The number of urea groups is 1. The van der Waals surface area contributed by atoms with Gasteiger partial charge in [-0.3, -0.25) is 19.5 Å². The number of fused-ring (bicyclic) bond motifs is 1. The second-order valence-electron chi connectivity index (χ2n) is 8.64. The summed E-state index contributed by atoms with van der Waals surface area (Å²) in [5.74, 6) is -0.993. The monoisotopic (exact) mass is 456 g/mol. The smallest absolute Gasteiger partial charge is 0.328 e. The molecule has 0 radical (unpaired) electrons. The first-order valence-electron chi connectivity index (χ1n) is 11.1. The molecule has 2 heterocycles. The van der Waals surface area contributed by atoms with Gasteiger partial charge in [0.05, 0.1) is 6.54 Å². The Bertz CT molecular complexity index is 1330. The minimum Gasteiger partial charge on any atom is -0.480 e. The van der Waals surface area contributed by atoms with Crippen LogP contribution in [-0.4, -0.2) is 58.3 Å². The lowest BCUT2D eigenvalue weighted by atomic mass is 9.89.